The summed E-state index contributed by atoms with van der Waals surface area (Å²) in [5.41, 5.74) is 4.96. The Balaban J connectivity index is 0.000000605. The predicted octanol–water partition coefficient (Wildman–Crippen LogP) is 2.18. The van der Waals surface area contributed by atoms with Gasteiger partial charge in [-0.3, -0.25) is 0 Å². The van der Waals surface area contributed by atoms with Gasteiger partial charge in [-0.25, -0.2) is 4.39 Å². The molecule has 0 spiro atoms. The Morgan fingerprint density at radius 2 is 1.82 bits per heavy atom. The summed E-state index contributed by atoms with van der Waals surface area (Å²) in [4.78, 5) is 0. The molecule has 0 saturated heterocycles. The Morgan fingerprint density at radius 3 is 2.36 bits per heavy atom. The van der Waals surface area contributed by atoms with Gasteiger partial charge in [0, 0.05) is 5.54 Å². The molecule has 0 aliphatic heterocycles. The molecule has 0 aromatic carbocycles. The van der Waals surface area contributed by atoms with Gasteiger partial charge in [-0.2, -0.15) is 0 Å². The van der Waals surface area contributed by atoms with Gasteiger partial charge in [0.25, 0.3) is 0 Å². The second-order valence-corrected chi connectivity index (χ2v) is 4.04. The lowest BCUT2D eigenvalue weighted by molar-refractivity contribution is 0.118. The maximum atomic E-state index is 13.5. The first-order chi connectivity index (χ1) is 4.62. The molecule has 2 saturated carbocycles. The van der Waals surface area contributed by atoms with Crippen molar-refractivity contribution in [1.82, 2.24) is 0 Å². The number of hydrogen-bond donors (Lipinski definition) is 1. The van der Waals surface area contributed by atoms with Crippen LogP contribution in [0.15, 0.2) is 0 Å². The molecule has 0 aromatic heterocycles. The van der Waals surface area contributed by atoms with Crippen molar-refractivity contribution in [2.45, 2.75) is 49.7 Å². The second kappa shape index (κ2) is 2.60. The molecule has 66 valence electrons. The first-order valence-electron chi connectivity index (χ1n) is 4.10. The largest absolute Gasteiger partial charge is 0.325 e. The normalized spacial score (nSPS) is 48.5. The Kier molecular flexibility index (Phi) is 2.19. The minimum absolute atomic E-state index is 0. The summed E-state index contributed by atoms with van der Waals surface area (Å²) in [5.74, 6) is 0. The molecule has 2 aliphatic rings. The molecule has 2 bridgehead atoms. The summed E-state index contributed by atoms with van der Waals surface area (Å²) in [7, 11) is 0. The third-order valence-electron chi connectivity index (χ3n) is 3.04. The van der Waals surface area contributed by atoms with E-state index in [0.717, 1.165) is 25.7 Å². The number of hydrogen-bond acceptors (Lipinski definition) is 1. The standard InChI is InChI=1S/C8H14FN.ClH/c9-7-2-1-3-8(10,6-7)5-4-7;/h1-6,10H2;1H. The molecule has 1 nitrogen and oxygen atoms in total. The lowest BCUT2D eigenvalue weighted by Gasteiger charge is -2.31. The summed E-state index contributed by atoms with van der Waals surface area (Å²) in [6.45, 7) is 0. The SMILES string of the molecule is Cl.NC12CCCC(F)(CC1)C2. The monoisotopic (exact) mass is 179 g/mol. The van der Waals surface area contributed by atoms with E-state index in [2.05, 4.69) is 0 Å². The summed E-state index contributed by atoms with van der Waals surface area (Å²) >= 11 is 0. The highest BCUT2D eigenvalue weighted by molar-refractivity contribution is 5.85. The van der Waals surface area contributed by atoms with Crippen LogP contribution in [-0.2, 0) is 0 Å². The second-order valence-electron chi connectivity index (χ2n) is 4.04. The van der Waals surface area contributed by atoms with Crippen molar-refractivity contribution in [2.24, 2.45) is 5.73 Å². The van der Waals surface area contributed by atoms with Gasteiger partial charge in [0.15, 0.2) is 0 Å². The summed E-state index contributed by atoms with van der Waals surface area (Å²) in [5, 5.41) is 0. The van der Waals surface area contributed by atoms with Gasteiger partial charge < -0.3 is 5.73 Å². The molecule has 0 amide bonds. The molecule has 3 heteroatoms. The van der Waals surface area contributed by atoms with Gasteiger partial charge in [0.1, 0.15) is 5.67 Å². The minimum Gasteiger partial charge on any atom is -0.325 e. The third-order valence-corrected chi connectivity index (χ3v) is 3.04. The Labute approximate surface area is 72.9 Å². The van der Waals surface area contributed by atoms with E-state index in [-0.39, 0.29) is 17.9 Å². The van der Waals surface area contributed by atoms with E-state index >= 15 is 0 Å². The fourth-order valence-electron chi connectivity index (χ4n) is 2.46. The Hall–Kier alpha value is 0.180. The highest BCUT2D eigenvalue weighted by atomic mass is 35.5. The van der Waals surface area contributed by atoms with E-state index in [0.29, 0.717) is 12.8 Å². The molecule has 2 N–H and O–H groups in total. The fourth-order valence-corrected chi connectivity index (χ4v) is 2.46. The summed E-state index contributed by atoms with van der Waals surface area (Å²) in [6, 6.07) is 0. The van der Waals surface area contributed by atoms with Gasteiger partial charge in [-0.15, -0.1) is 12.4 Å². The zero-order valence-corrected chi connectivity index (χ0v) is 7.42. The van der Waals surface area contributed by atoms with Crippen LogP contribution in [0.4, 0.5) is 4.39 Å². The molecule has 2 aliphatic carbocycles. The van der Waals surface area contributed by atoms with Crippen molar-refractivity contribution >= 4 is 12.4 Å². The van der Waals surface area contributed by atoms with Gasteiger partial charge in [0.05, 0.1) is 0 Å². The molecular formula is C8H15ClFN. The molecule has 2 fully saturated rings. The molecule has 2 atom stereocenters. The van der Waals surface area contributed by atoms with Crippen LogP contribution in [0.5, 0.6) is 0 Å². The number of fused-ring (bicyclic) bond motifs is 2. The van der Waals surface area contributed by atoms with E-state index < -0.39 is 5.67 Å². The van der Waals surface area contributed by atoms with Crippen LogP contribution < -0.4 is 5.73 Å². The Morgan fingerprint density at radius 1 is 1.09 bits per heavy atom. The Bertz CT molecular complexity index is 148. The van der Waals surface area contributed by atoms with Gasteiger partial charge in [-0.1, -0.05) is 0 Å². The number of rotatable bonds is 0. The van der Waals surface area contributed by atoms with E-state index in [1.165, 1.54) is 0 Å². The van der Waals surface area contributed by atoms with Crippen molar-refractivity contribution in [3.63, 3.8) is 0 Å². The molecule has 2 unspecified atom stereocenters. The van der Waals surface area contributed by atoms with Gasteiger partial charge >= 0.3 is 0 Å². The summed E-state index contributed by atoms with van der Waals surface area (Å²) in [6.07, 6.45) is 5.03. The average Bonchev–Trinajstić information content (AvgIpc) is 2.03. The maximum absolute atomic E-state index is 13.5. The third kappa shape index (κ3) is 1.52. The van der Waals surface area contributed by atoms with Crippen LogP contribution in [0, 0.1) is 0 Å². The van der Waals surface area contributed by atoms with Crippen LogP contribution in [0.25, 0.3) is 0 Å². The predicted molar refractivity (Wildman–Crippen MR) is 45.7 cm³/mol. The van der Waals surface area contributed by atoms with Crippen LogP contribution in [0.3, 0.4) is 0 Å². The molecule has 0 radical (unpaired) electrons. The van der Waals surface area contributed by atoms with Crippen LogP contribution in [0.2, 0.25) is 0 Å². The molecular weight excluding hydrogens is 165 g/mol. The summed E-state index contributed by atoms with van der Waals surface area (Å²) < 4.78 is 13.5. The first kappa shape index (κ1) is 9.27. The van der Waals surface area contributed by atoms with E-state index in [4.69, 9.17) is 5.73 Å². The lowest BCUT2D eigenvalue weighted by atomic mass is 9.82. The average molecular weight is 180 g/mol. The molecule has 11 heavy (non-hydrogen) atoms. The van der Waals surface area contributed by atoms with E-state index in [1.807, 2.05) is 0 Å². The van der Waals surface area contributed by atoms with E-state index in [9.17, 15) is 4.39 Å². The molecule has 0 heterocycles. The highest BCUT2D eigenvalue weighted by Crippen LogP contribution is 2.48. The first-order valence-corrected chi connectivity index (χ1v) is 4.10. The van der Waals surface area contributed by atoms with Crippen molar-refractivity contribution in [1.29, 1.82) is 0 Å². The molecule has 0 aromatic rings. The molecule has 2 rings (SSSR count). The van der Waals surface area contributed by atoms with Crippen LogP contribution in [-0.4, -0.2) is 11.2 Å². The zero-order chi connectivity index (χ0) is 7.24. The highest BCUT2D eigenvalue weighted by Gasteiger charge is 2.49. The number of halogens is 2. The van der Waals surface area contributed by atoms with Crippen molar-refractivity contribution < 1.29 is 4.39 Å². The number of nitrogens with two attached hydrogens (primary N) is 1. The lowest BCUT2D eigenvalue weighted by Crippen LogP contribution is -2.41. The topological polar surface area (TPSA) is 26.0 Å². The van der Waals surface area contributed by atoms with Gasteiger partial charge in [-0.05, 0) is 38.5 Å². The van der Waals surface area contributed by atoms with Crippen molar-refractivity contribution in [3.05, 3.63) is 0 Å². The van der Waals surface area contributed by atoms with Crippen LogP contribution >= 0.6 is 12.4 Å². The quantitative estimate of drug-likeness (QED) is 0.606. The minimum atomic E-state index is -0.868. The van der Waals surface area contributed by atoms with Crippen LogP contribution in [0.1, 0.15) is 38.5 Å². The van der Waals surface area contributed by atoms with E-state index in [1.54, 1.807) is 0 Å². The van der Waals surface area contributed by atoms with Gasteiger partial charge in [0.2, 0.25) is 0 Å². The maximum Gasteiger partial charge on any atom is 0.112 e. The smallest absolute Gasteiger partial charge is 0.112 e. The zero-order valence-electron chi connectivity index (χ0n) is 6.61. The van der Waals surface area contributed by atoms with Crippen molar-refractivity contribution in [3.8, 4) is 0 Å². The fraction of sp³-hybridized carbons (Fsp3) is 1.00. The number of alkyl halides is 1. The van der Waals surface area contributed by atoms with Crippen molar-refractivity contribution in [2.75, 3.05) is 0 Å².